The van der Waals surface area contributed by atoms with E-state index >= 15 is 0 Å². The van der Waals surface area contributed by atoms with Crippen molar-refractivity contribution in [3.05, 3.63) is 29.6 Å². The fourth-order valence-corrected chi connectivity index (χ4v) is 1.32. The zero-order chi connectivity index (χ0) is 11.4. The Labute approximate surface area is 89.1 Å². The number of Topliss-reactive ketones (excluding diaryl/α,β-unsaturated/α-hetero) is 1. The average Bonchev–Trinajstić information content (AvgIpc) is 2.26. The molecule has 82 valence electrons. The predicted octanol–water partition coefficient (Wildman–Crippen LogP) is 3.06. The van der Waals surface area contributed by atoms with Gasteiger partial charge in [0.1, 0.15) is 11.6 Å². The van der Waals surface area contributed by atoms with Crippen molar-refractivity contribution in [1.82, 2.24) is 0 Å². The van der Waals surface area contributed by atoms with Gasteiger partial charge in [0, 0.05) is 12.0 Å². The molecule has 0 bridgehead atoms. The molecule has 0 aliphatic heterocycles. The zero-order valence-electron chi connectivity index (χ0n) is 9.21. The third kappa shape index (κ3) is 2.55. The van der Waals surface area contributed by atoms with Crippen molar-refractivity contribution in [3.63, 3.8) is 0 Å². The summed E-state index contributed by atoms with van der Waals surface area (Å²) >= 11 is 0. The lowest BCUT2D eigenvalue weighted by Crippen LogP contribution is -2.11. The maximum absolute atomic E-state index is 12.9. The Morgan fingerprint density at radius 3 is 2.73 bits per heavy atom. The molecule has 3 heteroatoms. The van der Waals surface area contributed by atoms with Crippen molar-refractivity contribution in [2.24, 2.45) is 5.92 Å². The molecule has 0 fully saturated rings. The first kappa shape index (κ1) is 11.7. The summed E-state index contributed by atoms with van der Waals surface area (Å²) in [6.45, 7) is 3.80. The number of rotatable bonds is 4. The van der Waals surface area contributed by atoms with Gasteiger partial charge in [0.15, 0.2) is 5.78 Å². The van der Waals surface area contributed by atoms with E-state index in [2.05, 4.69) is 0 Å². The molecule has 1 rings (SSSR count). The van der Waals surface area contributed by atoms with Gasteiger partial charge < -0.3 is 4.74 Å². The lowest BCUT2D eigenvalue weighted by Gasteiger charge is -2.11. The highest BCUT2D eigenvalue weighted by atomic mass is 19.1. The topological polar surface area (TPSA) is 26.3 Å². The summed E-state index contributed by atoms with van der Waals surface area (Å²) < 4.78 is 17.9. The normalized spacial score (nSPS) is 12.3. The molecule has 0 N–H and O–H groups in total. The van der Waals surface area contributed by atoms with E-state index in [4.69, 9.17) is 4.74 Å². The van der Waals surface area contributed by atoms with Gasteiger partial charge in [0.25, 0.3) is 0 Å². The summed E-state index contributed by atoms with van der Waals surface area (Å²) in [6, 6.07) is 3.98. The van der Waals surface area contributed by atoms with Gasteiger partial charge in [-0.15, -0.1) is 0 Å². The molecule has 0 aliphatic carbocycles. The number of carbonyl (C=O) groups excluding carboxylic acids is 1. The second-order valence-corrected chi connectivity index (χ2v) is 3.52. The van der Waals surface area contributed by atoms with Gasteiger partial charge in [-0.25, -0.2) is 4.39 Å². The van der Waals surface area contributed by atoms with Crippen LogP contribution < -0.4 is 4.74 Å². The third-order valence-corrected chi connectivity index (χ3v) is 2.49. The standard InChI is InChI=1S/C12H15FO2/c1-4-8(2)12(14)10-6-5-9(13)7-11(10)15-3/h5-8H,4H2,1-3H3. The summed E-state index contributed by atoms with van der Waals surface area (Å²) in [4.78, 5) is 11.9. The molecule has 0 radical (unpaired) electrons. The summed E-state index contributed by atoms with van der Waals surface area (Å²) in [6.07, 6.45) is 0.763. The van der Waals surface area contributed by atoms with E-state index in [1.54, 1.807) is 0 Å². The molecule has 0 spiro atoms. The van der Waals surface area contributed by atoms with Crippen LogP contribution in [0, 0.1) is 11.7 Å². The van der Waals surface area contributed by atoms with E-state index in [1.165, 1.54) is 25.3 Å². The lowest BCUT2D eigenvalue weighted by molar-refractivity contribution is 0.0924. The zero-order valence-corrected chi connectivity index (χ0v) is 9.21. The summed E-state index contributed by atoms with van der Waals surface area (Å²) in [5.41, 5.74) is 0.452. The van der Waals surface area contributed by atoms with Crippen molar-refractivity contribution >= 4 is 5.78 Å². The first-order chi connectivity index (χ1) is 7.10. The fourth-order valence-electron chi connectivity index (χ4n) is 1.32. The number of methoxy groups -OCH3 is 1. The minimum absolute atomic E-state index is 0.00523. The van der Waals surface area contributed by atoms with Gasteiger partial charge in [-0.1, -0.05) is 13.8 Å². The minimum atomic E-state index is -0.396. The van der Waals surface area contributed by atoms with Crippen LogP contribution in [0.25, 0.3) is 0 Å². The van der Waals surface area contributed by atoms with Gasteiger partial charge in [0.2, 0.25) is 0 Å². The quantitative estimate of drug-likeness (QED) is 0.714. The highest BCUT2D eigenvalue weighted by molar-refractivity contribution is 6.00. The molecule has 0 aromatic heterocycles. The Hall–Kier alpha value is -1.38. The van der Waals surface area contributed by atoms with Crippen LogP contribution in [-0.2, 0) is 0 Å². The van der Waals surface area contributed by atoms with Crippen molar-refractivity contribution in [2.45, 2.75) is 20.3 Å². The summed E-state index contributed by atoms with van der Waals surface area (Å²) in [7, 11) is 1.43. The number of hydrogen-bond donors (Lipinski definition) is 0. The molecule has 0 aliphatic rings. The molecule has 2 nitrogen and oxygen atoms in total. The Balaban J connectivity index is 3.08. The predicted molar refractivity (Wildman–Crippen MR) is 56.7 cm³/mol. The van der Waals surface area contributed by atoms with E-state index in [0.29, 0.717) is 11.3 Å². The SMILES string of the molecule is CCC(C)C(=O)c1ccc(F)cc1OC. The summed E-state index contributed by atoms with van der Waals surface area (Å²) in [5, 5.41) is 0. The lowest BCUT2D eigenvalue weighted by atomic mass is 9.96. The van der Waals surface area contributed by atoms with Crippen molar-refractivity contribution < 1.29 is 13.9 Å². The van der Waals surface area contributed by atoms with Crippen LogP contribution in [0.4, 0.5) is 4.39 Å². The molecule has 0 saturated carbocycles. The van der Waals surface area contributed by atoms with Crippen LogP contribution in [0.15, 0.2) is 18.2 Å². The van der Waals surface area contributed by atoms with Gasteiger partial charge in [0.05, 0.1) is 12.7 Å². The van der Waals surface area contributed by atoms with Crippen LogP contribution >= 0.6 is 0 Å². The largest absolute Gasteiger partial charge is 0.496 e. The van der Waals surface area contributed by atoms with E-state index in [9.17, 15) is 9.18 Å². The Morgan fingerprint density at radius 2 is 2.20 bits per heavy atom. The molecule has 1 aromatic rings. The Morgan fingerprint density at radius 1 is 1.53 bits per heavy atom. The molecule has 0 heterocycles. The number of hydrogen-bond acceptors (Lipinski definition) is 2. The number of carbonyl (C=O) groups is 1. The van der Waals surface area contributed by atoms with E-state index in [-0.39, 0.29) is 11.7 Å². The average molecular weight is 210 g/mol. The highest BCUT2D eigenvalue weighted by Crippen LogP contribution is 2.23. The molecule has 15 heavy (non-hydrogen) atoms. The van der Waals surface area contributed by atoms with Crippen LogP contribution in [0.5, 0.6) is 5.75 Å². The van der Waals surface area contributed by atoms with Crippen LogP contribution in [0.3, 0.4) is 0 Å². The first-order valence-corrected chi connectivity index (χ1v) is 4.97. The molecule has 1 aromatic carbocycles. The van der Waals surface area contributed by atoms with Crippen LogP contribution in [0.2, 0.25) is 0 Å². The molecular weight excluding hydrogens is 195 g/mol. The van der Waals surface area contributed by atoms with Crippen molar-refractivity contribution in [1.29, 1.82) is 0 Å². The molecule has 0 saturated heterocycles. The molecule has 0 amide bonds. The van der Waals surface area contributed by atoms with E-state index in [0.717, 1.165) is 6.42 Å². The number of halogens is 1. The van der Waals surface area contributed by atoms with Crippen molar-refractivity contribution in [2.75, 3.05) is 7.11 Å². The number of ketones is 1. The third-order valence-electron chi connectivity index (χ3n) is 2.49. The monoisotopic (exact) mass is 210 g/mol. The minimum Gasteiger partial charge on any atom is -0.496 e. The number of ether oxygens (including phenoxy) is 1. The fraction of sp³-hybridized carbons (Fsp3) is 0.417. The molecule has 1 unspecified atom stereocenters. The molecular formula is C12H15FO2. The van der Waals surface area contributed by atoms with Crippen LogP contribution in [-0.4, -0.2) is 12.9 Å². The van der Waals surface area contributed by atoms with Gasteiger partial charge in [-0.05, 0) is 18.6 Å². The molecule has 1 atom stereocenters. The Kier molecular flexibility index (Phi) is 3.83. The van der Waals surface area contributed by atoms with Gasteiger partial charge in [-0.2, -0.15) is 0 Å². The maximum atomic E-state index is 12.9. The second-order valence-electron chi connectivity index (χ2n) is 3.52. The second kappa shape index (κ2) is 4.91. The maximum Gasteiger partial charge on any atom is 0.169 e. The van der Waals surface area contributed by atoms with Gasteiger partial charge >= 0.3 is 0 Å². The number of benzene rings is 1. The Bertz CT molecular complexity index is 361. The smallest absolute Gasteiger partial charge is 0.169 e. The van der Waals surface area contributed by atoms with Crippen molar-refractivity contribution in [3.8, 4) is 5.75 Å². The summed E-state index contributed by atoms with van der Waals surface area (Å²) in [5.74, 6) is -0.161. The highest BCUT2D eigenvalue weighted by Gasteiger charge is 2.17. The van der Waals surface area contributed by atoms with Gasteiger partial charge in [-0.3, -0.25) is 4.79 Å². The first-order valence-electron chi connectivity index (χ1n) is 4.97. The van der Waals surface area contributed by atoms with E-state index < -0.39 is 5.82 Å². The van der Waals surface area contributed by atoms with Crippen LogP contribution in [0.1, 0.15) is 30.6 Å². The van der Waals surface area contributed by atoms with E-state index in [1.807, 2.05) is 13.8 Å².